The van der Waals surface area contributed by atoms with E-state index >= 15 is 0 Å². The molecule has 0 unspecified atom stereocenters. The summed E-state index contributed by atoms with van der Waals surface area (Å²) in [5, 5.41) is 17.8. The van der Waals surface area contributed by atoms with Gasteiger partial charge in [-0.2, -0.15) is 0 Å². The van der Waals surface area contributed by atoms with Gasteiger partial charge in [0.2, 0.25) is 0 Å². The van der Waals surface area contributed by atoms with Crippen LogP contribution in [0.25, 0.3) is 5.69 Å². The number of hydrogen-bond donors (Lipinski definition) is 2. The molecule has 2 N–H and O–H groups in total. The normalized spacial score (nSPS) is 10.1. The molecule has 6 nitrogen and oxygen atoms in total. The standard InChI is InChI=1S/C11H8N2O4/c14-10(15)7-3-8(11(16)17)5-9(4-7)13-2-1-12-6-13/h1-6H,(H,14,15)(H,16,17). The Morgan fingerprint density at radius 3 is 2.06 bits per heavy atom. The number of imidazole rings is 1. The fourth-order valence-corrected chi connectivity index (χ4v) is 1.42. The van der Waals surface area contributed by atoms with Crippen molar-refractivity contribution in [3.05, 3.63) is 48.0 Å². The number of hydrogen-bond acceptors (Lipinski definition) is 3. The molecule has 0 amide bonds. The van der Waals surface area contributed by atoms with Crippen molar-refractivity contribution in [2.45, 2.75) is 0 Å². The summed E-state index contributed by atoms with van der Waals surface area (Å²) in [5.41, 5.74) is 0.294. The molecular formula is C11H8N2O4. The van der Waals surface area contributed by atoms with E-state index in [1.54, 1.807) is 10.8 Å². The lowest BCUT2D eigenvalue weighted by Gasteiger charge is -2.05. The van der Waals surface area contributed by atoms with Crippen molar-refractivity contribution < 1.29 is 19.8 Å². The summed E-state index contributed by atoms with van der Waals surface area (Å²) in [6.07, 6.45) is 4.59. The molecule has 0 atom stereocenters. The van der Waals surface area contributed by atoms with E-state index in [1.165, 1.54) is 24.7 Å². The third kappa shape index (κ3) is 2.15. The lowest BCUT2D eigenvalue weighted by Crippen LogP contribution is -2.05. The number of nitrogens with zero attached hydrogens (tertiary/aromatic N) is 2. The molecular weight excluding hydrogens is 224 g/mol. The third-order valence-corrected chi connectivity index (χ3v) is 2.21. The quantitative estimate of drug-likeness (QED) is 0.831. The summed E-state index contributed by atoms with van der Waals surface area (Å²) < 4.78 is 1.54. The smallest absolute Gasteiger partial charge is 0.335 e. The lowest BCUT2D eigenvalue weighted by molar-refractivity contribution is 0.0696. The molecule has 0 aliphatic heterocycles. The van der Waals surface area contributed by atoms with Gasteiger partial charge in [0.15, 0.2) is 0 Å². The summed E-state index contributed by atoms with van der Waals surface area (Å²) >= 11 is 0. The van der Waals surface area contributed by atoms with Gasteiger partial charge in [0.05, 0.1) is 17.5 Å². The average molecular weight is 232 g/mol. The first-order valence-corrected chi connectivity index (χ1v) is 4.68. The van der Waals surface area contributed by atoms with Crippen molar-refractivity contribution in [1.82, 2.24) is 9.55 Å². The maximum absolute atomic E-state index is 10.9. The number of carboxylic acids is 2. The summed E-state index contributed by atoms with van der Waals surface area (Å²) in [5.74, 6) is -2.34. The van der Waals surface area contributed by atoms with Crippen LogP contribution in [0.3, 0.4) is 0 Å². The summed E-state index contributed by atoms with van der Waals surface area (Å²) in [4.78, 5) is 25.6. The molecule has 2 rings (SSSR count). The van der Waals surface area contributed by atoms with E-state index in [1.807, 2.05) is 0 Å². The van der Waals surface area contributed by atoms with Crippen LogP contribution in [0.2, 0.25) is 0 Å². The second-order valence-electron chi connectivity index (χ2n) is 3.35. The molecule has 2 aromatic rings. The highest BCUT2D eigenvalue weighted by Gasteiger charge is 2.11. The Bertz CT molecular complexity index is 543. The van der Waals surface area contributed by atoms with E-state index in [-0.39, 0.29) is 11.1 Å². The van der Waals surface area contributed by atoms with Crippen molar-refractivity contribution in [2.75, 3.05) is 0 Å². The van der Waals surface area contributed by atoms with Gasteiger partial charge in [-0.25, -0.2) is 14.6 Å². The first-order valence-electron chi connectivity index (χ1n) is 4.68. The number of carbonyl (C=O) groups is 2. The zero-order valence-corrected chi connectivity index (χ0v) is 8.57. The fraction of sp³-hybridized carbons (Fsp3) is 0. The Morgan fingerprint density at radius 1 is 1.06 bits per heavy atom. The molecule has 1 aromatic heterocycles. The van der Waals surface area contributed by atoms with E-state index < -0.39 is 11.9 Å². The maximum Gasteiger partial charge on any atom is 0.335 e. The van der Waals surface area contributed by atoms with Crippen LogP contribution in [-0.4, -0.2) is 31.7 Å². The molecule has 0 spiro atoms. The predicted molar refractivity (Wildman–Crippen MR) is 57.5 cm³/mol. The number of aromatic nitrogens is 2. The zero-order chi connectivity index (χ0) is 12.4. The van der Waals surface area contributed by atoms with E-state index in [9.17, 15) is 9.59 Å². The number of benzene rings is 1. The minimum atomic E-state index is -1.17. The largest absolute Gasteiger partial charge is 0.478 e. The minimum absolute atomic E-state index is 0.0754. The van der Waals surface area contributed by atoms with E-state index in [0.29, 0.717) is 5.69 Å². The third-order valence-electron chi connectivity index (χ3n) is 2.21. The first kappa shape index (κ1) is 10.9. The van der Waals surface area contributed by atoms with Crippen molar-refractivity contribution in [1.29, 1.82) is 0 Å². The Kier molecular flexibility index (Phi) is 2.61. The Morgan fingerprint density at radius 2 is 1.65 bits per heavy atom. The second kappa shape index (κ2) is 4.09. The molecule has 0 aliphatic rings. The van der Waals surface area contributed by atoms with Gasteiger partial charge in [-0.05, 0) is 18.2 Å². The molecule has 86 valence electrons. The number of rotatable bonds is 3. The van der Waals surface area contributed by atoms with Gasteiger partial charge in [0.1, 0.15) is 0 Å². The van der Waals surface area contributed by atoms with Crippen molar-refractivity contribution in [2.24, 2.45) is 0 Å². The highest BCUT2D eigenvalue weighted by atomic mass is 16.4. The second-order valence-corrected chi connectivity index (χ2v) is 3.35. The van der Waals surface area contributed by atoms with E-state index in [2.05, 4.69) is 4.98 Å². The van der Waals surface area contributed by atoms with Gasteiger partial charge in [0, 0.05) is 18.1 Å². The van der Waals surface area contributed by atoms with Crippen LogP contribution in [0.15, 0.2) is 36.9 Å². The van der Waals surface area contributed by atoms with Crippen LogP contribution in [0.1, 0.15) is 20.7 Å². The maximum atomic E-state index is 10.9. The molecule has 1 aromatic carbocycles. The fourth-order valence-electron chi connectivity index (χ4n) is 1.42. The molecule has 0 radical (unpaired) electrons. The van der Waals surface area contributed by atoms with Crippen LogP contribution in [0.4, 0.5) is 0 Å². The number of carboxylic acid groups (broad SMARTS) is 2. The average Bonchev–Trinajstić information content (AvgIpc) is 2.81. The Balaban J connectivity index is 2.60. The van der Waals surface area contributed by atoms with Crippen LogP contribution in [-0.2, 0) is 0 Å². The molecule has 0 saturated heterocycles. The van der Waals surface area contributed by atoms with Crippen molar-refractivity contribution in [3.8, 4) is 5.69 Å². The van der Waals surface area contributed by atoms with Crippen LogP contribution >= 0.6 is 0 Å². The van der Waals surface area contributed by atoms with Gasteiger partial charge in [-0.15, -0.1) is 0 Å². The first-order chi connectivity index (χ1) is 8.08. The van der Waals surface area contributed by atoms with Crippen molar-refractivity contribution >= 4 is 11.9 Å². The molecule has 6 heteroatoms. The number of aromatic carboxylic acids is 2. The molecule has 0 bridgehead atoms. The minimum Gasteiger partial charge on any atom is -0.478 e. The topological polar surface area (TPSA) is 92.4 Å². The van der Waals surface area contributed by atoms with Gasteiger partial charge in [-0.3, -0.25) is 0 Å². The Labute approximate surface area is 95.8 Å². The van der Waals surface area contributed by atoms with Gasteiger partial charge in [0.25, 0.3) is 0 Å². The van der Waals surface area contributed by atoms with Crippen LogP contribution in [0.5, 0.6) is 0 Å². The molecule has 17 heavy (non-hydrogen) atoms. The predicted octanol–water partition coefficient (Wildman–Crippen LogP) is 1.27. The highest BCUT2D eigenvalue weighted by molar-refractivity contribution is 5.94. The van der Waals surface area contributed by atoms with Gasteiger partial charge >= 0.3 is 11.9 Å². The summed E-state index contributed by atoms with van der Waals surface area (Å²) in [6, 6.07) is 3.89. The SMILES string of the molecule is O=C(O)c1cc(C(=O)O)cc(-n2ccnc2)c1. The van der Waals surface area contributed by atoms with E-state index in [0.717, 1.165) is 6.07 Å². The molecule has 0 fully saturated rings. The Hall–Kier alpha value is -2.63. The van der Waals surface area contributed by atoms with Crippen molar-refractivity contribution in [3.63, 3.8) is 0 Å². The van der Waals surface area contributed by atoms with E-state index in [4.69, 9.17) is 10.2 Å². The summed E-state index contributed by atoms with van der Waals surface area (Å²) in [7, 11) is 0. The highest BCUT2D eigenvalue weighted by Crippen LogP contribution is 2.14. The lowest BCUT2D eigenvalue weighted by atomic mass is 10.1. The van der Waals surface area contributed by atoms with Crippen LogP contribution in [0, 0.1) is 0 Å². The monoisotopic (exact) mass is 232 g/mol. The molecule has 0 saturated carbocycles. The molecule has 1 heterocycles. The molecule has 0 aliphatic carbocycles. The van der Waals surface area contributed by atoms with Gasteiger partial charge in [-0.1, -0.05) is 0 Å². The van der Waals surface area contributed by atoms with Gasteiger partial charge < -0.3 is 14.8 Å². The summed E-state index contributed by atoms with van der Waals surface area (Å²) in [6.45, 7) is 0. The zero-order valence-electron chi connectivity index (χ0n) is 8.57. The van der Waals surface area contributed by atoms with Crippen LogP contribution < -0.4 is 0 Å².